The van der Waals surface area contributed by atoms with Crippen molar-refractivity contribution in [2.24, 2.45) is 4.99 Å². The molecule has 20 heavy (non-hydrogen) atoms. The number of halogens is 3. The van der Waals surface area contributed by atoms with Crippen LogP contribution in [-0.4, -0.2) is 12.8 Å². The average molecular weight is 312 g/mol. The van der Waals surface area contributed by atoms with Crippen LogP contribution < -0.4 is 4.74 Å². The predicted molar refractivity (Wildman–Crippen MR) is 81.3 cm³/mol. The Balaban J connectivity index is 2.30. The Morgan fingerprint density at radius 3 is 2.70 bits per heavy atom. The molecular formula is C15H12Cl2FNO. The molecule has 0 aliphatic carbocycles. The largest absolute Gasteiger partial charge is 0.493 e. The molecule has 0 bridgehead atoms. The summed E-state index contributed by atoms with van der Waals surface area (Å²) < 4.78 is 18.5. The first-order valence-electron chi connectivity index (χ1n) is 6.01. The predicted octanol–water partition coefficient (Wildman–Crippen LogP) is 5.28. The van der Waals surface area contributed by atoms with Gasteiger partial charge in [-0.2, -0.15) is 0 Å². The Morgan fingerprint density at radius 2 is 2.00 bits per heavy atom. The Morgan fingerprint density at radius 1 is 1.20 bits per heavy atom. The van der Waals surface area contributed by atoms with Crippen LogP contribution in [0.25, 0.3) is 0 Å². The van der Waals surface area contributed by atoms with Crippen molar-refractivity contribution in [3.8, 4) is 5.75 Å². The molecular weight excluding hydrogens is 300 g/mol. The fourth-order valence-corrected chi connectivity index (χ4v) is 1.97. The monoisotopic (exact) mass is 311 g/mol. The van der Waals surface area contributed by atoms with Crippen LogP contribution in [0.4, 0.5) is 10.1 Å². The molecule has 2 aromatic rings. The SMILES string of the molecule is CCOc1ccc(Cl)cc1C=Nc1ccc(F)c(Cl)c1. The highest BCUT2D eigenvalue weighted by atomic mass is 35.5. The van der Waals surface area contributed by atoms with Crippen molar-refractivity contribution in [3.05, 3.63) is 57.8 Å². The number of hydrogen-bond donors (Lipinski definition) is 0. The van der Waals surface area contributed by atoms with Crippen molar-refractivity contribution in [2.75, 3.05) is 6.61 Å². The smallest absolute Gasteiger partial charge is 0.141 e. The van der Waals surface area contributed by atoms with E-state index >= 15 is 0 Å². The molecule has 0 atom stereocenters. The van der Waals surface area contributed by atoms with E-state index in [1.807, 2.05) is 6.92 Å². The van der Waals surface area contributed by atoms with Crippen molar-refractivity contribution in [1.29, 1.82) is 0 Å². The molecule has 0 saturated carbocycles. The second kappa shape index (κ2) is 6.73. The van der Waals surface area contributed by atoms with E-state index in [0.29, 0.717) is 23.1 Å². The van der Waals surface area contributed by atoms with E-state index in [9.17, 15) is 4.39 Å². The summed E-state index contributed by atoms with van der Waals surface area (Å²) in [5.41, 5.74) is 1.30. The van der Waals surface area contributed by atoms with Gasteiger partial charge in [-0.1, -0.05) is 23.2 Å². The number of ether oxygens (including phenoxy) is 1. The molecule has 0 N–H and O–H groups in total. The Bertz CT molecular complexity index is 644. The van der Waals surface area contributed by atoms with E-state index in [2.05, 4.69) is 4.99 Å². The van der Waals surface area contributed by atoms with Gasteiger partial charge in [-0.25, -0.2) is 4.39 Å². The first-order valence-corrected chi connectivity index (χ1v) is 6.77. The molecule has 0 aliphatic heterocycles. The van der Waals surface area contributed by atoms with Gasteiger partial charge < -0.3 is 4.74 Å². The first-order chi connectivity index (χ1) is 9.60. The molecule has 0 heterocycles. The lowest BCUT2D eigenvalue weighted by Gasteiger charge is -2.07. The molecule has 0 aliphatic rings. The minimum Gasteiger partial charge on any atom is -0.493 e. The summed E-state index contributed by atoms with van der Waals surface area (Å²) in [6, 6.07) is 9.56. The van der Waals surface area contributed by atoms with Crippen LogP contribution in [0.2, 0.25) is 10.0 Å². The van der Waals surface area contributed by atoms with Gasteiger partial charge in [-0.3, -0.25) is 4.99 Å². The lowest BCUT2D eigenvalue weighted by atomic mass is 10.2. The number of aliphatic imine (C=N–C) groups is 1. The van der Waals surface area contributed by atoms with Crippen molar-refractivity contribution >= 4 is 35.1 Å². The van der Waals surface area contributed by atoms with Gasteiger partial charge in [0.25, 0.3) is 0 Å². The van der Waals surface area contributed by atoms with Gasteiger partial charge in [0.1, 0.15) is 11.6 Å². The Labute approximate surface area is 126 Å². The molecule has 0 amide bonds. The zero-order valence-electron chi connectivity index (χ0n) is 10.7. The average Bonchev–Trinajstić information content (AvgIpc) is 2.43. The minimum atomic E-state index is -0.469. The molecule has 0 fully saturated rings. The van der Waals surface area contributed by atoms with Crippen molar-refractivity contribution in [1.82, 2.24) is 0 Å². The molecule has 0 spiro atoms. The molecule has 104 valence electrons. The Kier molecular flexibility index (Phi) is 4.99. The normalized spacial score (nSPS) is 11.0. The van der Waals surface area contributed by atoms with Crippen LogP contribution in [0.1, 0.15) is 12.5 Å². The molecule has 2 aromatic carbocycles. The van der Waals surface area contributed by atoms with Gasteiger partial charge in [0.05, 0.1) is 17.3 Å². The van der Waals surface area contributed by atoms with Crippen molar-refractivity contribution < 1.29 is 9.13 Å². The van der Waals surface area contributed by atoms with E-state index in [0.717, 1.165) is 5.56 Å². The number of hydrogen-bond acceptors (Lipinski definition) is 2. The van der Waals surface area contributed by atoms with Gasteiger partial charge in [-0.05, 0) is 43.3 Å². The van der Waals surface area contributed by atoms with Crippen molar-refractivity contribution in [3.63, 3.8) is 0 Å². The highest BCUT2D eigenvalue weighted by molar-refractivity contribution is 6.31. The van der Waals surface area contributed by atoms with Crippen LogP contribution in [0.15, 0.2) is 41.4 Å². The maximum atomic E-state index is 13.1. The van der Waals surface area contributed by atoms with E-state index in [-0.39, 0.29) is 5.02 Å². The highest BCUT2D eigenvalue weighted by Crippen LogP contribution is 2.24. The molecule has 0 radical (unpaired) electrons. The van der Waals surface area contributed by atoms with Crippen LogP contribution in [0.3, 0.4) is 0 Å². The fourth-order valence-electron chi connectivity index (χ4n) is 1.62. The van der Waals surface area contributed by atoms with Gasteiger partial charge >= 0.3 is 0 Å². The zero-order chi connectivity index (χ0) is 14.5. The highest BCUT2D eigenvalue weighted by Gasteiger charge is 2.03. The quantitative estimate of drug-likeness (QED) is 0.704. The second-order valence-corrected chi connectivity index (χ2v) is 4.82. The van der Waals surface area contributed by atoms with Gasteiger partial charge in [0.2, 0.25) is 0 Å². The summed E-state index contributed by atoms with van der Waals surface area (Å²) in [6.07, 6.45) is 1.61. The van der Waals surface area contributed by atoms with E-state index < -0.39 is 5.82 Å². The second-order valence-electron chi connectivity index (χ2n) is 3.97. The third-order valence-electron chi connectivity index (χ3n) is 2.53. The van der Waals surface area contributed by atoms with Crippen LogP contribution in [0.5, 0.6) is 5.75 Å². The van der Waals surface area contributed by atoms with E-state index in [1.165, 1.54) is 12.1 Å². The van der Waals surface area contributed by atoms with Crippen molar-refractivity contribution in [2.45, 2.75) is 6.92 Å². The maximum absolute atomic E-state index is 13.1. The lowest BCUT2D eigenvalue weighted by Crippen LogP contribution is -1.95. The molecule has 0 saturated heterocycles. The van der Waals surface area contributed by atoms with E-state index in [4.69, 9.17) is 27.9 Å². The summed E-state index contributed by atoms with van der Waals surface area (Å²) in [6.45, 7) is 2.44. The van der Waals surface area contributed by atoms with Crippen LogP contribution in [-0.2, 0) is 0 Å². The fraction of sp³-hybridized carbons (Fsp3) is 0.133. The third-order valence-corrected chi connectivity index (χ3v) is 3.05. The third kappa shape index (κ3) is 3.71. The lowest BCUT2D eigenvalue weighted by molar-refractivity contribution is 0.340. The summed E-state index contributed by atoms with van der Waals surface area (Å²) >= 11 is 11.7. The van der Waals surface area contributed by atoms with Gasteiger partial charge in [0, 0.05) is 16.8 Å². The summed E-state index contributed by atoms with van der Waals surface area (Å²) in [4.78, 5) is 4.25. The number of nitrogens with zero attached hydrogens (tertiary/aromatic N) is 1. The van der Waals surface area contributed by atoms with Gasteiger partial charge in [0.15, 0.2) is 0 Å². The molecule has 0 aromatic heterocycles. The number of rotatable bonds is 4. The molecule has 5 heteroatoms. The minimum absolute atomic E-state index is 0.0378. The van der Waals surface area contributed by atoms with Crippen LogP contribution in [0, 0.1) is 5.82 Å². The zero-order valence-corrected chi connectivity index (χ0v) is 12.2. The molecule has 2 nitrogen and oxygen atoms in total. The number of benzene rings is 2. The van der Waals surface area contributed by atoms with Crippen LogP contribution >= 0.6 is 23.2 Å². The van der Waals surface area contributed by atoms with E-state index in [1.54, 1.807) is 30.5 Å². The molecule has 0 unspecified atom stereocenters. The first kappa shape index (κ1) is 14.8. The standard InChI is InChI=1S/C15H12Cl2FNO/c1-2-20-15-6-3-11(16)7-10(15)9-19-12-4-5-14(18)13(17)8-12/h3-9H,2H2,1H3. The summed E-state index contributed by atoms with van der Waals surface area (Å²) in [7, 11) is 0. The van der Waals surface area contributed by atoms with Gasteiger partial charge in [-0.15, -0.1) is 0 Å². The summed E-state index contributed by atoms with van der Waals surface area (Å²) in [5, 5.41) is 0.628. The Hall–Kier alpha value is -1.58. The topological polar surface area (TPSA) is 21.6 Å². The maximum Gasteiger partial charge on any atom is 0.141 e. The summed E-state index contributed by atoms with van der Waals surface area (Å²) in [5.74, 6) is 0.220. The molecule has 2 rings (SSSR count).